The first-order chi connectivity index (χ1) is 6.63. The molecule has 0 amide bonds. The number of carboxylic acid groups (broad SMARTS) is 1. The summed E-state index contributed by atoms with van der Waals surface area (Å²) in [7, 11) is 0. The van der Waals surface area contributed by atoms with Crippen LogP contribution in [0, 0.1) is 0 Å². The minimum atomic E-state index is -0.943. The van der Waals surface area contributed by atoms with E-state index in [0.717, 1.165) is 18.1 Å². The van der Waals surface area contributed by atoms with Crippen LogP contribution in [0.2, 0.25) is 0 Å². The van der Waals surface area contributed by atoms with Crippen LogP contribution in [0.1, 0.15) is 31.9 Å². The molecule has 1 heterocycles. The molecule has 0 radical (unpaired) electrons. The van der Waals surface area contributed by atoms with Gasteiger partial charge in [-0.25, -0.2) is 4.79 Å². The second-order valence-corrected chi connectivity index (χ2v) is 3.18. The van der Waals surface area contributed by atoms with Crippen LogP contribution in [0.4, 0.5) is 0 Å². The van der Waals surface area contributed by atoms with Crippen molar-refractivity contribution < 1.29 is 9.90 Å². The van der Waals surface area contributed by atoms with Gasteiger partial charge < -0.3 is 5.11 Å². The molecule has 0 aliphatic rings. The third kappa shape index (κ3) is 2.73. The van der Waals surface area contributed by atoms with E-state index in [4.69, 9.17) is 5.11 Å². The van der Waals surface area contributed by atoms with E-state index in [1.54, 1.807) is 6.20 Å². The van der Waals surface area contributed by atoms with Gasteiger partial charge in [0.2, 0.25) is 0 Å². The zero-order valence-electron chi connectivity index (χ0n) is 8.34. The molecule has 0 bridgehead atoms. The number of hydrogen-bond donors (Lipinski definition) is 1. The van der Waals surface area contributed by atoms with Gasteiger partial charge >= 0.3 is 5.97 Å². The average Bonchev–Trinajstić information content (AvgIpc) is 2.62. The van der Waals surface area contributed by atoms with Crippen LogP contribution in [-0.4, -0.2) is 20.9 Å². The van der Waals surface area contributed by atoms with Gasteiger partial charge in [0.05, 0.1) is 6.20 Å². The van der Waals surface area contributed by atoms with Crippen molar-refractivity contribution in [2.45, 2.75) is 26.3 Å². The number of aliphatic carboxylic acids is 1. The topological polar surface area (TPSA) is 55.1 Å². The van der Waals surface area contributed by atoms with Crippen LogP contribution < -0.4 is 0 Å². The fourth-order valence-electron chi connectivity index (χ4n) is 1.03. The normalized spacial score (nSPS) is 13.3. The lowest BCUT2D eigenvalue weighted by Crippen LogP contribution is -2.03. The Hall–Kier alpha value is -1.58. The molecule has 14 heavy (non-hydrogen) atoms. The Morgan fingerprint density at radius 2 is 2.50 bits per heavy atom. The van der Waals surface area contributed by atoms with Crippen molar-refractivity contribution in [2.75, 3.05) is 0 Å². The summed E-state index contributed by atoms with van der Waals surface area (Å²) in [5.41, 5.74) is 0.813. The Morgan fingerprint density at radius 3 is 3.07 bits per heavy atom. The van der Waals surface area contributed by atoms with Gasteiger partial charge in [-0.2, -0.15) is 5.10 Å². The summed E-state index contributed by atoms with van der Waals surface area (Å²) in [5.74, 6) is -0.943. The predicted molar refractivity (Wildman–Crippen MR) is 53.9 cm³/mol. The molecular formula is C10H14N2O2. The first kappa shape index (κ1) is 10.5. The minimum Gasteiger partial charge on any atom is -0.478 e. The van der Waals surface area contributed by atoms with E-state index in [-0.39, 0.29) is 0 Å². The molecule has 1 rings (SSSR count). The molecule has 0 saturated heterocycles. The van der Waals surface area contributed by atoms with Crippen molar-refractivity contribution in [1.82, 2.24) is 9.78 Å². The van der Waals surface area contributed by atoms with Gasteiger partial charge in [-0.1, -0.05) is 6.92 Å². The van der Waals surface area contributed by atoms with Crippen molar-refractivity contribution in [3.63, 3.8) is 0 Å². The van der Waals surface area contributed by atoms with Crippen molar-refractivity contribution >= 4 is 12.0 Å². The molecule has 0 aliphatic heterocycles. The first-order valence-corrected chi connectivity index (χ1v) is 4.58. The van der Waals surface area contributed by atoms with Gasteiger partial charge in [0.25, 0.3) is 0 Å². The number of rotatable bonds is 4. The van der Waals surface area contributed by atoms with Crippen molar-refractivity contribution in [3.8, 4) is 0 Å². The van der Waals surface area contributed by atoms with Crippen LogP contribution in [0.15, 0.2) is 18.5 Å². The third-order valence-electron chi connectivity index (χ3n) is 2.08. The zero-order valence-corrected chi connectivity index (χ0v) is 8.34. The number of aromatic nitrogens is 2. The highest BCUT2D eigenvalue weighted by Crippen LogP contribution is 2.10. The molecule has 1 atom stereocenters. The van der Waals surface area contributed by atoms with Crippen LogP contribution in [0.5, 0.6) is 0 Å². The summed E-state index contributed by atoms with van der Waals surface area (Å²) < 4.78 is 1.83. The molecular weight excluding hydrogens is 180 g/mol. The summed E-state index contributed by atoms with van der Waals surface area (Å²) in [5, 5.41) is 12.6. The molecule has 0 saturated carbocycles. The molecule has 4 nitrogen and oxygen atoms in total. The van der Waals surface area contributed by atoms with Gasteiger partial charge in [0.1, 0.15) is 0 Å². The maximum Gasteiger partial charge on any atom is 0.328 e. The molecule has 0 aromatic carbocycles. The molecule has 0 aliphatic carbocycles. The predicted octanol–water partition coefficient (Wildman–Crippen LogP) is 1.95. The Bertz CT molecular complexity index is 342. The van der Waals surface area contributed by atoms with E-state index < -0.39 is 5.97 Å². The Morgan fingerprint density at radius 1 is 1.79 bits per heavy atom. The van der Waals surface area contributed by atoms with Gasteiger partial charge in [0.15, 0.2) is 0 Å². The van der Waals surface area contributed by atoms with Gasteiger partial charge in [-0.05, 0) is 19.4 Å². The molecule has 1 unspecified atom stereocenters. The molecule has 76 valence electrons. The number of nitrogens with zero attached hydrogens (tertiary/aromatic N) is 2. The average molecular weight is 194 g/mol. The maximum atomic E-state index is 10.3. The largest absolute Gasteiger partial charge is 0.478 e. The smallest absolute Gasteiger partial charge is 0.328 e. The monoisotopic (exact) mass is 194 g/mol. The second kappa shape index (κ2) is 4.60. The SMILES string of the molecule is CCC(C)n1cc(/C=C/C(=O)O)cn1. The molecule has 1 N–H and O–H groups in total. The highest BCUT2D eigenvalue weighted by Gasteiger charge is 2.02. The minimum absolute atomic E-state index is 0.349. The van der Waals surface area contributed by atoms with Gasteiger partial charge in [0, 0.05) is 23.9 Å². The van der Waals surface area contributed by atoms with Crippen LogP contribution >= 0.6 is 0 Å². The highest BCUT2D eigenvalue weighted by atomic mass is 16.4. The van der Waals surface area contributed by atoms with E-state index in [0.29, 0.717) is 6.04 Å². The molecule has 0 fully saturated rings. The number of carboxylic acids is 1. The number of hydrogen-bond acceptors (Lipinski definition) is 2. The summed E-state index contributed by atoms with van der Waals surface area (Å²) in [6.45, 7) is 4.15. The lowest BCUT2D eigenvalue weighted by atomic mass is 10.2. The van der Waals surface area contributed by atoms with Crippen molar-refractivity contribution in [1.29, 1.82) is 0 Å². The van der Waals surface area contributed by atoms with E-state index in [2.05, 4.69) is 18.9 Å². The van der Waals surface area contributed by atoms with Crippen LogP contribution in [0.25, 0.3) is 6.08 Å². The fraction of sp³-hybridized carbons (Fsp3) is 0.400. The Kier molecular flexibility index (Phi) is 3.45. The van der Waals surface area contributed by atoms with E-state index in [1.807, 2.05) is 10.9 Å². The molecule has 1 aromatic rings. The third-order valence-corrected chi connectivity index (χ3v) is 2.08. The summed E-state index contributed by atoms with van der Waals surface area (Å²) in [6.07, 6.45) is 7.15. The van der Waals surface area contributed by atoms with Crippen LogP contribution in [0.3, 0.4) is 0 Å². The molecule has 0 spiro atoms. The first-order valence-electron chi connectivity index (χ1n) is 4.58. The summed E-state index contributed by atoms with van der Waals surface area (Å²) in [4.78, 5) is 10.3. The van der Waals surface area contributed by atoms with Crippen molar-refractivity contribution in [2.24, 2.45) is 0 Å². The maximum absolute atomic E-state index is 10.3. The highest BCUT2D eigenvalue weighted by molar-refractivity contribution is 5.85. The summed E-state index contributed by atoms with van der Waals surface area (Å²) >= 11 is 0. The lowest BCUT2D eigenvalue weighted by molar-refractivity contribution is -0.131. The number of carbonyl (C=O) groups is 1. The molecule has 1 aromatic heterocycles. The van der Waals surface area contributed by atoms with Gasteiger partial charge in [-0.3, -0.25) is 4.68 Å². The summed E-state index contributed by atoms with van der Waals surface area (Å²) in [6, 6.07) is 0.349. The molecule has 4 heteroatoms. The van der Waals surface area contributed by atoms with E-state index in [1.165, 1.54) is 6.08 Å². The van der Waals surface area contributed by atoms with Gasteiger partial charge in [-0.15, -0.1) is 0 Å². The second-order valence-electron chi connectivity index (χ2n) is 3.18. The standard InChI is InChI=1S/C10H14N2O2/c1-3-8(2)12-7-9(6-11-12)4-5-10(13)14/h4-8H,3H2,1-2H3,(H,13,14)/b5-4+. The van der Waals surface area contributed by atoms with Crippen LogP contribution in [-0.2, 0) is 4.79 Å². The van der Waals surface area contributed by atoms with Crippen molar-refractivity contribution in [3.05, 3.63) is 24.0 Å². The Labute approximate surface area is 82.9 Å². The lowest BCUT2D eigenvalue weighted by Gasteiger charge is -2.07. The van der Waals surface area contributed by atoms with E-state index >= 15 is 0 Å². The Balaban J connectivity index is 2.73. The fourth-order valence-corrected chi connectivity index (χ4v) is 1.03. The zero-order chi connectivity index (χ0) is 10.6. The van der Waals surface area contributed by atoms with E-state index in [9.17, 15) is 4.79 Å². The quantitative estimate of drug-likeness (QED) is 0.745.